The number of sulfonamides is 1. The Balaban J connectivity index is 1.66. The van der Waals surface area contributed by atoms with Crippen molar-refractivity contribution in [3.05, 3.63) is 59.9 Å². The maximum Gasteiger partial charge on any atom is 0.261 e. The normalized spacial score (nSPS) is 20.1. The van der Waals surface area contributed by atoms with Gasteiger partial charge < -0.3 is 10.6 Å². The maximum atomic E-state index is 12.9. The van der Waals surface area contributed by atoms with Crippen LogP contribution in [0.15, 0.2) is 53.4 Å². The van der Waals surface area contributed by atoms with Gasteiger partial charge in [-0.05, 0) is 74.8 Å². The molecule has 0 bridgehead atoms. The van der Waals surface area contributed by atoms with E-state index in [9.17, 15) is 17.6 Å². The van der Waals surface area contributed by atoms with Crippen molar-refractivity contribution in [2.45, 2.75) is 36.7 Å². The molecule has 144 valence electrons. The topological polar surface area (TPSA) is 87.3 Å². The Labute approximate surface area is 158 Å². The number of amides is 1. The molecule has 1 amide bonds. The van der Waals surface area contributed by atoms with E-state index in [0.29, 0.717) is 11.6 Å². The highest BCUT2D eigenvalue weighted by atomic mass is 32.2. The number of carbonyl (C=O) groups excluding carboxylic acids is 1. The average molecular weight is 391 g/mol. The van der Waals surface area contributed by atoms with Gasteiger partial charge >= 0.3 is 0 Å². The van der Waals surface area contributed by atoms with Gasteiger partial charge in [0, 0.05) is 23.3 Å². The van der Waals surface area contributed by atoms with Gasteiger partial charge in [0.1, 0.15) is 5.82 Å². The quantitative estimate of drug-likeness (QED) is 0.731. The third kappa shape index (κ3) is 5.05. The van der Waals surface area contributed by atoms with Gasteiger partial charge in [-0.25, -0.2) is 12.8 Å². The van der Waals surface area contributed by atoms with Crippen LogP contribution in [0.1, 0.15) is 30.1 Å². The molecular formula is C19H22FN3O3S. The highest BCUT2D eigenvalue weighted by molar-refractivity contribution is 7.92. The number of piperidine rings is 1. The van der Waals surface area contributed by atoms with Crippen LogP contribution in [0.25, 0.3) is 0 Å². The Bertz CT molecular complexity index is 899. The van der Waals surface area contributed by atoms with Gasteiger partial charge in [0.15, 0.2) is 0 Å². The zero-order chi connectivity index (χ0) is 19.4. The molecule has 6 nitrogen and oxygen atoms in total. The maximum absolute atomic E-state index is 12.9. The highest BCUT2D eigenvalue weighted by Crippen LogP contribution is 2.17. The monoisotopic (exact) mass is 391 g/mol. The third-order valence-electron chi connectivity index (χ3n) is 4.48. The van der Waals surface area contributed by atoms with Crippen LogP contribution in [0.2, 0.25) is 0 Å². The first-order chi connectivity index (χ1) is 12.8. The molecule has 0 aromatic heterocycles. The number of anilines is 1. The van der Waals surface area contributed by atoms with Crippen molar-refractivity contribution in [2.75, 3.05) is 11.3 Å². The Kier molecular flexibility index (Phi) is 5.76. The van der Waals surface area contributed by atoms with Gasteiger partial charge in [-0.2, -0.15) is 0 Å². The van der Waals surface area contributed by atoms with Crippen LogP contribution in [0.5, 0.6) is 0 Å². The van der Waals surface area contributed by atoms with Crippen LogP contribution in [0, 0.1) is 5.82 Å². The first-order valence-corrected chi connectivity index (χ1v) is 10.2. The number of carbonyl (C=O) groups is 1. The fourth-order valence-electron chi connectivity index (χ4n) is 3.05. The first-order valence-electron chi connectivity index (χ1n) is 8.76. The van der Waals surface area contributed by atoms with Crippen LogP contribution >= 0.6 is 0 Å². The first kappa shape index (κ1) is 19.3. The summed E-state index contributed by atoms with van der Waals surface area (Å²) in [5, 5.41) is 6.32. The molecule has 2 unspecified atom stereocenters. The molecule has 1 saturated heterocycles. The van der Waals surface area contributed by atoms with Gasteiger partial charge in [-0.3, -0.25) is 9.52 Å². The van der Waals surface area contributed by atoms with Crippen LogP contribution in [0.3, 0.4) is 0 Å². The van der Waals surface area contributed by atoms with Crippen LogP contribution in [-0.4, -0.2) is 33.0 Å². The average Bonchev–Trinajstić information content (AvgIpc) is 2.63. The summed E-state index contributed by atoms with van der Waals surface area (Å²) < 4.78 is 40.1. The van der Waals surface area contributed by atoms with E-state index in [0.717, 1.165) is 19.4 Å². The minimum Gasteiger partial charge on any atom is -0.349 e. The second kappa shape index (κ2) is 8.06. The Morgan fingerprint density at radius 1 is 1.11 bits per heavy atom. The van der Waals surface area contributed by atoms with E-state index in [1.807, 2.05) is 0 Å². The summed E-state index contributed by atoms with van der Waals surface area (Å²) in [7, 11) is -3.82. The Morgan fingerprint density at radius 3 is 2.41 bits per heavy atom. The fraction of sp³-hybridized carbons (Fsp3) is 0.316. The number of hydrogen-bond donors (Lipinski definition) is 3. The van der Waals surface area contributed by atoms with Crippen molar-refractivity contribution in [1.82, 2.24) is 10.6 Å². The standard InChI is InChI=1S/C19H22FN3O3S/c1-13-12-17(10-11-21-13)22-19(24)14-2-8-18(9-3-14)27(25,26)23-16-6-4-15(20)5-7-16/h2-9,13,17,21,23H,10-12H2,1H3,(H,22,24). The lowest BCUT2D eigenvalue weighted by Gasteiger charge is -2.28. The SMILES string of the molecule is CC1CC(NC(=O)c2ccc(S(=O)(=O)Nc3ccc(F)cc3)cc2)CCN1. The predicted molar refractivity (Wildman–Crippen MR) is 102 cm³/mol. The Morgan fingerprint density at radius 2 is 1.78 bits per heavy atom. The number of benzene rings is 2. The van der Waals surface area contributed by atoms with Crippen LogP contribution in [-0.2, 0) is 10.0 Å². The summed E-state index contributed by atoms with van der Waals surface area (Å²) in [6.07, 6.45) is 1.73. The molecule has 1 aliphatic rings. The van der Waals surface area contributed by atoms with E-state index in [2.05, 4.69) is 22.3 Å². The van der Waals surface area contributed by atoms with E-state index < -0.39 is 15.8 Å². The van der Waals surface area contributed by atoms with Gasteiger partial charge in [0.2, 0.25) is 0 Å². The molecule has 2 aromatic rings. The van der Waals surface area contributed by atoms with E-state index in [4.69, 9.17) is 0 Å². The molecule has 1 heterocycles. The molecule has 0 radical (unpaired) electrons. The fourth-order valence-corrected chi connectivity index (χ4v) is 4.11. The zero-order valence-corrected chi connectivity index (χ0v) is 15.7. The third-order valence-corrected chi connectivity index (χ3v) is 5.88. The van der Waals surface area contributed by atoms with E-state index in [1.165, 1.54) is 48.5 Å². The lowest BCUT2D eigenvalue weighted by Crippen LogP contribution is -2.46. The lowest BCUT2D eigenvalue weighted by atomic mass is 10.0. The summed E-state index contributed by atoms with van der Waals surface area (Å²) >= 11 is 0. The molecule has 27 heavy (non-hydrogen) atoms. The molecule has 1 aliphatic heterocycles. The zero-order valence-electron chi connectivity index (χ0n) is 14.9. The molecule has 1 fully saturated rings. The predicted octanol–water partition coefficient (Wildman–Crippen LogP) is 2.50. The molecule has 0 aliphatic carbocycles. The van der Waals surface area contributed by atoms with Crippen molar-refractivity contribution < 1.29 is 17.6 Å². The van der Waals surface area contributed by atoms with Gasteiger partial charge in [-0.1, -0.05) is 0 Å². The van der Waals surface area contributed by atoms with Gasteiger partial charge in [0.25, 0.3) is 15.9 Å². The number of rotatable bonds is 5. The molecular weight excluding hydrogens is 369 g/mol. The summed E-state index contributed by atoms with van der Waals surface area (Å²) in [6.45, 7) is 2.93. The van der Waals surface area contributed by atoms with E-state index >= 15 is 0 Å². The highest BCUT2D eigenvalue weighted by Gasteiger charge is 2.21. The molecule has 0 saturated carbocycles. The van der Waals surface area contributed by atoms with Crippen molar-refractivity contribution in [3.63, 3.8) is 0 Å². The largest absolute Gasteiger partial charge is 0.349 e. The lowest BCUT2D eigenvalue weighted by molar-refractivity contribution is 0.0925. The molecule has 0 spiro atoms. The molecule has 2 aromatic carbocycles. The second-order valence-corrected chi connectivity index (χ2v) is 8.37. The summed E-state index contributed by atoms with van der Waals surface area (Å²) in [5.74, 6) is -0.666. The smallest absolute Gasteiger partial charge is 0.261 e. The van der Waals surface area contributed by atoms with Gasteiger partial charge in [0.05, 0.1) is 4.90 Å². The van der Waals surface area contributed by atoms with Crippen LogP contribution < -0.4 is 15.4 Å². The van der Waals surface area contributed by atoms with E-state index in [-0.39, 0.29) is 22.5 Å². The minimum atomic E-state index is -3.82. The molecule has 3 rings (SSSR count). The van der Waals surface area contributed by atoms with Crippen LogP contribution in [0.4, 0.5) is 10.1 Å². The second-order valence-electron chi connectivity index (χ2n) is 6.69. The minimum absolute atomic E-state index is 0.0267. The van der Waals surface area contributed by atoms with Crippen molar-refractivity contribution in [2.24, 2.45) is 0 Å². The summed E-state index contributed by atoms with van der Waals surface area (Å²) in [5.41, 5.74) is 0.667. The van der Waals surface area contributed by atoms with Gasteiger partial charge in [-0.15, -0.1) is 0 Å². The van der Waals surface area contributed by atoms with Crippen molar-refractivity contribution in [1.29, 1.82) is 0 Å². The molecule has 2 atom stereocenters. The van der Waals surface area contributed by atoms with E-state index in [1.54, 1.807) is 0 Å². The number of hydrogen-bond acceptors (Lipinski definition) is 4. The summed E-state index contributed by atoms with van der Waals surface area (Å²) in [6, 6.07) is 11.2. The number of halogens is 1. The number of nitrogens with one attached hydrogen (secondary N) is 3. The summed E-state index contributed by atoms with van der Waals surface area (Å²) in [4.78, 5) is 12.4. The van der Waals surface area contributed by atoms with Crippen molar-refractivity contribution in [3.8, 4) is 0 Å². The molecule has 8 heteroatoms. The Hall–Kier alpha value is -2.45. The molecule has 3 N–H and O–H groups in total. The van der Waals surface area contributed by atoms with Crippen molar-refractivity contribution >= 4 is 21.6 Å².